The van der Waals surface area contributed by atoms with Crippen molar-refractivity contribution in [2.45, 2.75) is 31.8 Å². The molecule has 2 N–H and O–H groups in total. The maximum atomic E-state index is 13.0. The lowest BCUT2D eigenvalue weighted by molar-refractivity contribution is -0.126. The van der Waals surface area contributed by atoms with Gasteiger partial charge in [-0.2, -0.15) is 0 Å². The normalized spacial score (nSPS) is 29.3. The second-order valence-electron chi connectivity index (χ2n) is 6.31. The fourth-order valence-electron chi connectivity index (χ4n) is 3.36. The van der Waals surface area contributed by atoms with Gasteiger partial charge in [0.15, 0.2) is 0 Å². The van der Waals surface area contributed by atoms with Gasteiger partial charge >= 0.3 is 6.03 Å². The second kappa shape index (κ2) is 5.68. The lowest BCUT2D eigenvalue weighted by Crippen LogP contribution is -2.55. The van der Waals surface area contributed by atoms with Crippen molar-refractivity contribution in [3.8, 4) is 0 Å². The number of nitrogens with one attached hydrogen (secondary N) is 2. The van der Waals surface area contributed by atoms with Crippen molar-refractivity contribution in [2.24, 2.45) is 5.92 Å². The van der Waals surface area contributed by atoms with Gasteiger partial charge in [0.05, 0.1) is 0 Å². The topological polar surface area (TPSA) is 61.4 Å². The molecule has 1 aromatic rings. The number of amides is 3. The Balaban J connectivity index is 1.68. The van der Waals surface area contributed by atoms with Crippen LogP contribution in [0.15, 0.2) is 24.3 Å². The van der Waals surface area contributed by atoms with Crippen LogP contribution >= 0.6 is 0 Å². The molecule has 0 radical (unpaired) electrons. The van der Waals surface area contributed by atoms with Gasteiger partial charge < -0.3 is 5.32 Å². The number of halogens is 1. The van der Waals surface area contributed by atoms with Crippen molar-refractivity contribution < 1.29 is 14.0 Å². The highest BCUT2D eigenvalue weighted by atomic mass is 19.1. The molecule has 5 nitrogen and oxygen atoms in total. The fourth-order valence-corrected chi connectivity index (χ4v) is 3.36. The summed E-state index contributed by atoms with van der Waals surface area (Å²) in [5.74, 6) is -0.405. The molecular weight excluding hydrogens is 285 g/mol. The van der Waals surface area contributed by atoms with Crippen LogP contribution in [0, 0.1) is 11.7 Å². The summed E-state index contributed by atoms with van der Waals surface area (Å²) in [6.07, 6.45) is 1.88. The standard InChI is InChI=1S/C16H20FN3O2/c1-16(14(21)18-15(22)19-16)12-3-2-8-20(10-12)9-11-4-6-13(17)7-5-11/h4-7,12H,2-3,8-10H2,1H3,(H2,18,19,21,22)/t12-,16-/m1/s1. The Labute approximate surface area is 128 Å². The van der Waals surface area contributed by atoms with Crippen LogP contribution in [0.25, 0.3) is 0 Å². The Morgan fingerprint density at radius 2 is 2.05 bits per heavy atom. The lowest BCUT2D eigenvalue weighted by atomic mass is 9.80. The van der Waals surface area contributed by atoms with E-state index < -0.39 is 11.6 Å². The van der Waals surface area contributed by atoms with Crippen molar-refractivity contribution in [3.05, 3.63) is 35.6 Å². The largest absolute Gasteiger partial charge is 0.323 e. The van der Waals surface area contributed by atoms with E-state index in [1.54, 1.807) is 19.1 Å². The molecule has 2 heterocycles. The zero-order valence-corrected chi connectivity index (χ0v) is 12.6. The average Bonchev–Trinajstić information content (AvgIpc) is 2.76. The van der Waals surface area contributed by atoms with Crippen molar-refractivity contribution >= 4 is 11.9 Å². The Bertz CT molecular complexity index is 590. The molecule has 118 valence electrons. The molecule has 1 aromatic carbocycles. The third kappa shape index (κ3) is 2.83. The van der Waals surface area contributed by atoms with Crippen LogP contribution in [0.1, 0.15) is 25.3 Å². The molecule has 0 unspecified atom stereocenters. The smallest absolute Gasteiger partial charge is 0.322 e. The molecule has 2 aliphatic rings. The zero-order valence-electron chi connectivity index (χ0n) is 12.6. The monoisotopic (exact) mass is 305 g/mol. The maximum Gasteiger partial charge on any atom is 0.322 e. The summed E-state index contributed by atoms with van der Waals surface area (Å²) in [5.41, 5.74) is 0.213. The summed E-state index contributed by atoms with van der Waals surface area (Å²) in [4.78, 5) is 25.7. The highest BCUT2D eigenvalue weighted by Gasteiger charge is 2.48. The molecule has 0 saturated carbocycles. The predicted octanol–water partition coefficient (Wildman–Crippen LogP) is 1.64. The first-order valence-corrected chi connectivity index (χ1v) is 7.58. The summed E-state index contributed by atoms with van der Waals surface area (Å²) in [6.45, 7) is 4.20. The van der Waals surface area contributed by atoms with E-state index in [1.165, 1.54) is 12.1 Å². The van der Waals surface area contributed by atoms with Crippen molar-refractivity contribution in [1.29, 1.82) is 0 Å². The van der Waals surface area contributed by atoms with Gasteiger partial charge in [0.25, 0.3) is 5.91 Å². The first kappa shape index (κ1) is 15.0. The summed E-state index contributed by atoms with van der Waals surface area (Å²) in [7, 11) is 0. The van der Waals surface area contributed by atoms with Gasteiger partial charge in [0, 0.05) is 19.0 Å². The number of piperidine rings is 1. The number of urea groups is 1. The Morgan fingerprint density at radius 1 is 1.32 bits per heavy atom. The van der Waals surface area contributed by atoms with Crippen LogP contribution in [-0.4, -0.2) is 35.5 Å². The van der Waals surface area contributed by atoms with Crippen LogP contribution in [0.2, 0.25) is 0 Å². The van der Waals surface area contributed by atoms with Gasteiger partial charge in [0.2, 0.25) is 0 Å². The first-order valence-electron chi connectivity index (χ1n) is 7.58. The van der Waals surface area contributed by atoms with E-state index in [2.05, 4.69) is 15.5 Å². The van der Waals surface area contributed by atoms with E-state index in [0.717, 1.165) is 38.0 Å². The zero-order chi connectivity index (χ0) is 15.7. The van der Waals surface area contributed by atoms with Gasteiger partial charge in [-0.05, 0) is 44.0 Å². The van der Waals surface area contributed by atoms with Crippen LogP contribution in [-0.2, 0) is 11.3 Å². The minimum atomic E-state index is -0.835. The van der Waals surface area contributed by atoms with E-state index in [-0.39, 0.29) is 17.6 Å². The van der Waals surface area contributed by atoms with Crippen molar-refractivity contribution in [3.63, 3.8) is 0 Å². The SMILES string of the molecule is C[C@]1([C@@H]2CCCN(Cc3ccc(F)cc3)C2)NC(=O)NC1=O. The Morgan fingerprint density at radius 3 is 2.68 bits per heavy atom. The molecule has 22 heavy (non-hydrogen) atoms. The molecule has 2 fully saturated rings. The third-order valence-corrected chi connectivity index (χ3v) is 4.71. The van der Waals surface area contributed by atoms with Crippen LogP contribution < -0.4 is 10.6 Å². The fraction of sp³-hybridized carbons (Fsp3) is 0.500. The Kier molecular flexibility index (Phi) is 3.87. The molecule has 6 heteroatoms. The van der Waals surface area contributed by atoms with Gasteiger partial charge in [-0.1, -0.05) is 12.1 Å². The molecule has 3 rings (SSSR count). The van der Waals surface area contributed by atoms with E-state index in [9.17, 15) is 14.0 Å². The highest BCUT2D eigenvalue weighted by molar-refractivity contribution is 6.06. The number of hydrogen-bond acceptors (Lipinski definition) is 3. The number of likely N-dealkylation sites (tertiary alicyclic amines) is 1. The summed E-state index contributed by atoms with van der Waals surface area (Å²) >= 11 is 0. The number of carbonyl (C=O) groups excluding carboxylic acids is 2. The maximum absolute atomic E-state index is 13.0. The number of rotatable bonds is 3. The van der Waals surface area contributed by atoms with Crippen LogP contribution in [0.5, 0.6) is 0 Å². The molecule has 2 atom stereocenters. The number of hydrogen-bond donors (Lipinski definition) is 2. The van der Waals surface area contributed by atoms with Crippen LogP contribution in [0.3, 0.4) is 0 Å². The molecule has 0 aliphatic carbocycles. The van der Waals surface area contributed by atoms with E-state index >= 15 is 0 Å². The summed E-state index contributed by atoms with van der Waals surface area (Å²) < 4.78 is 13.0. The average molecular weight is 305 g/mol. The highest BCUT2D eigenvalue weighted by Crippen LogP contribution is 2.30. The number of carbonyl (C=O) groups is 2. The van der Waals surface area contributed by atoms with Crippen molar-refractivity contribution in [2.75, 3.05) is 13.1 Å². The number of benzene rings is 1. The molecule has 2 saturated heterocycles. The molecule has 0 spiro atoms. The van der Waals surface area contributed by atoms with Gasteiger partial charge in [-0.3, -0.25) is 15.0 Å². The number of nitrogens with zero attached hydrogens (tertiary/aromatic N) is 1. The van der Waals surface area contributed by atoms with Crippen LogP contribution in [0.4, 0.5) is 9.18 Å². The molecule has 0 bridgehead atoms. The predicted molar refractivity (Wildman–Crippen MR) is 79.5 cm³/mol. The van der Waals surface area contributed by atoms with Crippen molar-refractivity contribution in [1.82, 2.24) is 15.5 Å². The molecule has 2 aliphatic heterocycles. The Hall–Kier alpha value is -1.95. The molecular formula is C16H20FN3O2. The van der Waals surface area contributed by atoms with Gasteiger partial charge in [-0.15, -0.1) is 0 Å². The molecule has 0 aromatic heterocycles. The lowest BCUT2D eigenvalue weighted by Gasteiger charge is -2.39. The van der Waals surface area contributed by atoms with E-state index in [1.807, 2.05) is 0 Å². The minimum absolute atomic E-state index is 0.0770. The summed E-state index contributed by atoms with van der Waals surface area (Å²) in [6, 6.07) is 6.07. The van der Waals surface area contributed by atoms with E-state index in [0.29, 0.717) is 0 Å². The van der Waals surface area contributed by atoms with E-state index in [4.69, 9.17) is 0 Å². The molecule has 3 amide bonds. The van der Waals surface area contributed by atoms with Gasteiger partial charge in [-0.25, -0.2) is 9.18 Å². The first-order chi connectivity index (χ1) is 10.5. The number of imide groups is 1. The quantitative estimate of drug-likeness (QED) is 0.835. The second-order valence-corrected chi connectivity index (χ2v) is 6.31. The minimum Gasteiger partial charge on any atom is -0.323 e. The van der Waals surface area contributed by atoms with Gasteiger partial charge in [0.1, 0.15) is 11.4 Å². The third-order valence-electron chi connectivity index (χ3n) is 4.71. The summed E-state index contributed by atoms with van der Waals surface area (Å²) in [5, 5.41) is 5.09.